The van der Waals surface area contributed by atoms with Gasteiger partial charge >= 0.3 is 0 Å². The maximum Gasteiger partial charge on any atom is 0.242 e. The Balaban J connectivity index is 1.78. The lowest BCUT2D eigenvalue weighted by Gasteiger charge is -2.26. The molecular formula is C20H21ClN2O3. The Bertz CT molecular complexity index is 819. The van der Waals surface area contributed by atoms with E-state index in [-0.39, 0.29) is 11.8 Å². The highest BCUT2D eigenvalue weighted by Crippen LogP contribution is 2.49. The summed E-state index contributed by atoms with van der Waals surface area (Å²) in [6.07, 6.45) is 1.09. The van der Waals surface area contributed by atoms with E-state index in [4.69, 9.17) is 16.3 Å². The van der Waals surface area contributed by atoms with Gasteiger partial charge in [-0.1, -0.05) is 29.8 Å². The highest BCUT2D eigenvalue weighted by molar-refractivity contribution is 6.32. The quantitative estimate of drug-likeness (QED) is 0.776. The Labute approximate surface area is 157 Å². The Morgan fingerprint density at radius 1 is 1.19 bits per heavy atom. The van der Waals surface area contributed by atoms with Gasteiger partial charge in [-0.15, -0.1) is 0 Å². The van der Waals surface area contributed by atoms with Crippen LogP contribution in [0.4, 0.5) is 11.4 Å². The summed E-state index contributed by atoms with van der Waals surface area (Å²) in [7, 11) is 1.53. The van der Waals surface area contributed by atoms with Crippen molar-refractivity contribution >= 4 is 34.8 Å². The summed E-state index contributed by atoms with van der Waals surface area (Å²) in [6.45, 7) is 2.41. The van der Waals surface area contributed by atoms with Gasteiger partial charge in [-0.3, -0.25) is 9.59 Å². The Kier molecular flexibility index (Phi) is 5.18. The first-order valence-electron chi connectivity index (χ1n) is 8.54. The zero-order chi connectivity index (χ0) is 18.7. The fourth-order valence-electron chi connectivity index (χ4n) is 2.97. The van der Waals surface area contributed by atoms with Crippen molar-refractivity contribution < 1.29 is 14.3 Å². The second kappa shape index (κ2) is 7.38. The van der Waals surface area contributed by atoms with Crippen molar-refractivity contribution in [2.45, 2.75) is 19.8 Å². The molecule has 0 unspecified atom stereocenters. The molecule has 0 spiro atoms. The van der Waals surface area contributed by atoms with E-state index in [1.807, 2.05) is 37.3 Å². The number of ether oxygens (including phenoxy) is 1. The highest BCUT2D eigenvalue weighted by Gasteiger charge is 2.58. The van der Waals surface area contributed by atoms with E-state index in [2.05, 4.69) is 5.32 Å². The van der Waals surface area contributed by atoms with Gasteiger partial charge in [0.15, 0.2) is 0 Å². The summed E-state index contributed by atoms with van der Waals surface area (Å²) < 4.78 is 5.11. The number of methoxy groups -OCH3 is 1. The lowest BCUT2D eigenvalue weighted by Crippen LogP contribution is -2.43. The molecule has 5 nitrogen and oxygen atoms in total. The molecule has 0 aromatic heterocycles. The molecule has 1 fully saturated rings. The third-order valence-electron chi connectivity index (χ3n) is 4.63. The van der Waals surface area contributed by atoms with Crippen LogP contribution in [0.1, 0.15) is 19.8 Å². The molecule has 136 valence electrons. The van der Waals surface area contributed by atoms with Gasteiger partial charge in [-0.05, 0) is 50.1 Å². The van der Waals surface area contributed by atoms with Crippen molar-refractivity contribution in [3.05, 3.63) is 53.6 Å². The molecular weight excluding hydrogens is 352 g/mol. The van der Waals surface area contributed by atoms with Gasteiger partial charge in [-0.2, -0.15) is 0 Å². The van der Waals surface area contributed by atoms with Gasteiger partial charge in [0.1, 0.15) is 11.2 Å². The van der Waals surface area contributed by atoms with Crippen LogP contribution < -0.4 is 15.0 Å². The number of para-hydroxylation sites is 1. The van der Waals surface area contributed by atoms with Gasteiger partial charge in [0.2, 0.25) is 11.8 Å². The maximum absolute atomic E-state index is 13.1. The zero-order valence-electron chi connectivity index (χ0n) is 14.8. The van der Waals surface area contributed by atoms with Crippen LogP contribution in [0.5, 0.6) is 5.75 Å². The second-order valence-corrected chi connectivity index (χ2v) is 6.68. The fourth-order valence-corrected chi connectivity index (χ4v) is 3.23. The number of carbonyl (C=O) groups excluding carboxylic acids is 2. The summed E-state index contributed by atoms with van der Waals surface area (Å²) in [4.78, 5) is 27.6. The molecule has 3 rings (SSSR count). The number of halogens is 1. The monoisotopic (exact) mass is 372 g/mol. The molecule has 0 heterocycles. The normalized spacial score (nSPS) is 14.4. The number of rotatable bonds is 6. The van der Waals surface area contributed by atoms with Crippen LogP contribution in [0.2, 0.25) is 5.02 Å². The number of nitrogens with one attached hydrogen (secondary N) is 1. The van der Waals surface area contributed by atoms with Gasteiger partial charge < -0.3 is 15.0 Å². The number of anilines is 2. The summed E-state index contributed by atoms with van der Waals surface area (Å²) >= 11 is 6.11. The third-order valence-corrected chi connectivity index (χ3v) is 4.93. The molecule has 2 aromatic carbocycles. The minimum atomic E-state index is -1.00. The number of hydrogen-bond donors (Lipinski definition) is 1. The maximum atomic E-state index is 13.1. The van der Waals surface area contributed by atoms with Crippen molar-refractivity contribution in [1.82, 2.24) is 0 Å². The predicted molar refractivity (Wildman–Crippen MR) is 103 cm³/mol. The van der Waals surface area contributed by atoms with Crippen molar-refractivity contribution in [2.75, 3.05) is 23.9 Å². The van der Waals surface area contributed by atoms with E-state index in [1.165, 1.54) is 7.11 Å². The average Bonchev–Trinajstić information content (AvgIpc) is 3.45. The van der Waals surface area contributed by atoms with E-state index in [1.54, 1.807) is 23.1 Å². The topological polar surface area (TPSA) is 58.6 Å². The first-order chi connectivity index (χ1) is 12.5. The van der Waals surface area contributed by atoms with Crippen LogP contribution >= 0.6 is 11.6 Å². The molecule has 0 bridgehead atoms. The lowest BCUT2D eigenvalue weighted by molar-refractivity contribution is -0.132. The minimum Gasteiger partial charge on any atom is -0.495 e. The summed E-state index contributed by atoms with van der Waals surface area (Å²) in [5, 5.41) is 3.23. The third kappa shape index (κ3) is 3.40. The number of carbonyl (C=O) groups is 2. The van der Waals surface area contributed by atoms with E-state index in [0.29, 0.717) is 35.8 Å². The van der Waals surface area contributed by atoms with Crippen LogP contribution in [-0.4, -0.2) is 25.5 Å². The molecule has 1 saturated carbocycles. The Hall–Kier alpha value is -2.53. The smallest absolute Gasteiger partial charge is 0.242 e. The lowest BCUT2D eigenvalue weighted by atomic mass is 10.0. The van der Waals surface area contributed by atoms with E-state index < -0.39 is 5.41 Å². The molecule has 0 radical (unpaired) electrons. The molecule has 1 aliphatic rings. The molecule has 6 heteroatoms. The van der Waals surface area contributed by atoms with Crippen molar-refractivity contribution in [1.29, 1.82) is 0 Å². The van der Waals surface area contributed by atoms with Crippen LogP contribution in [0, 0.1) is 5.41 Å². The average molecular weight is 373 g/mol. The van der Waals surface area contributed by atoms with Crippen LogP contribution in [-0.2, 0) is 9.59 Å². The highest BCUT2D eigenvalue weighted by atomic mass is 35.5. The first-order valence-corrected chi connectivity index (χ1v) is 8.91. The molecule has 1 aliphatic carbocycles. The SMILES string of the molecule is CCN(C(=O)C1(C(=O)Nc2ccc(OC)c(Cl)c2)CC1)c1ccccc1. The Morgan fingerprint density at radius 3 is 2.42 bits per heavy atom. The van der Waals surface area contributed by atoms with Gasteiger partial charge in [0.25, 0.3) is 0 Å². The molecule has 1 N–H and O–H groups in total. The van der Waals surface area contributed by atoms with Gasteiger partial charge in [-0.25, -0.2) is 0 Å². The molecule has 0 saturated heterocycles. The first kappa shape index (κ1) is 18.3. The predicted octanol–water partition coefficient (Wildman–Crippen LogP) is 4.12. The van der Waals surface area contributed by atoms with Crippen molar-refractivity contribution in [3.8, 4) is 5.75 Å². The number of amides is 2. The van der Waals surface area contributed by atoms with Gasteiger partial charge in [0.05, 0.1) is 12.1 Å². The second-order valence-electron chi connectivity index (χ2n) is 6.27. The molecule has 2 aromatic rings. The molecule has 26 heavy (non-hydrogen) atoms. The van der Waals surface area contributed by atoms with E-state index >= 15 is 0 Å². The summed E-state index contributed by atoms with van der Waals surface area (Å²) in [6, 6.07) is 14.4. The van der Waals surface area contributed by atoms with Crippen molar-refractivity contribution in [3.63, 3.8) is 0 Å². The van der Waals surface area contributed by atoms with Crippen LogP contribution in [0.3, 0.4) is 0 Å². The van der Waals surface area contributed by atoms with Crippen LogP contribution in [0.25, 0.3) is 0 Å². The van der Waals surface area contributed by atoms with Crippen molar-refractivity contribution in [2.24, 2.45) is 5.41 Å². The Morgan fingerprint density at radius 2 is 1.88 bits per heavy atom. The molecule has 0 atom stereocenters. The molecule has 0 aliphatic heterocycles. The molecule has 2 amide bonds. The van der Waals surface area contributed by atoms with E-state index in [9.17, 15) is 9.59 Å². The zero-order valence-corrected chi connectivity index (χ0v) is 15.5. The summed E-state index contributed by atoms with van der Waals surface area (Å²) in [5.74, 6) is 0.0736. The number of benzene rings is 2. The standard InChI is InChI=1S/C20H21ClN2O3/c1-3-23(15-7-5-4-6-8-15)19(25)20(11-12-20)18(24)22-14-9-10-17(26-2)16(21)13-14/h4-10,13H,3,11-12H2,1-2H3,(H,22,24). The van der Waals surface area contributed by atoms with Crippen LogP contribution in [0.15, 0.2) is 48.5 Å². The fraction of sp³-hybridized carbons (Fsp3) is 0.300. The number of nitrogens with zero attached hydrogens (tertiary/aromatic N) is 1. The number of hydrogen-bond acceptors (Lipinski definition) is 3. The van der Waals surface area contributed by atoms with E-state index in [0.717, 1.165) is 5.69 Å². The van der Waals surface area contributed by atoms with Gasteiger partial charge in [0, 0.05) is 17.9 Å². The largest absolute Gasteiger partial charge is 0.495 e. The summed E-state index contributed by atoms with van der Waals surface area (Å²) in [5.41, 5.74) is 0.340. The minimum absolute atomic E-state index is 0.164.